The molecule has 26 heavy (non-hydrogen) atoms. The number of amides is 1. The van der Waals surface area contributed by atoms with E-state index in [1.165, 1.54) is 0 Å². The minimum Gasteiger partial charge on any atom is -0.494 e. The van der Waals surface area contributed by atoms with E-state index in [2.05, 4.69) is 5.32 Å². The second kappa shape index (κ2) is 9.27. The predicted octanol–water partition coefficient (Wildman–Crippen LogP) is 4.74. The van der Waals surface area contributed by atoms with Crippen LogP contribution in [-0.4, -0.2) is 18.6 Å². The van der Waals surface area contributed by atoms with E-state index in [4.69, 9.17) is 9.47 Å². The Morgan fingerprint density at radius 2 is 1.77 bits per heavy atom. The SMILES string of the molecule is CCOc1ccc([C@@H](C)NC(=O)[C@@H](CC)Oc2cc(C)ccc2C)cc1. The summed E-state index contributed by atoms with van der Waals surface area (Å²) in [5.41, 5.74) is 3.17. The van der Waals surface area contributed by atoms with Crippen LogP contribution in [0.5, 0.6) is 11.5 Å². The van der Waals surface area contributed by atoms with Crippen LogP contribution in [0.25, 0.3) is 0 Å². The highest BCUT2D eigenvalue weighted by atomic mass is 16.5. The molecule has 0 saturated heterocycles. The fraction of sp³-hybridized carbons (Fsp3) is 0.409. The zero-order valence-electron chi connectivity index (χ0n) is 16.3. The molecule has 1 N–H and O–H groups in total. The van der Waals surface area contributed by atoms with Crippen molar-refractivity contribution in [1.29, 1.82) is 0 Å². The molecule has 0 saturated carbocycles. The van der Waals surface area contributed by atoms with E-state index >= 15 is 0 Å². The first kappa shape index (κ1) is 19.8. The topological polar surface area (TPSA) is 47.6 Å². The van der Waals surface area contributed by atoms with Crippen molar-refractivity contribution >= 4 is 5.91 Å². The standard InChI is InChI=1S/C22H29NO3/c1-6-20(26-21-14-15(3)8-9-16(21)4)22(24)23-17(5)18-10-12-19(13-11-18)25-7-2/h8-14,17,20H,6-7H2,1-5H3,(H,23,24)/t17-,20-/m1/s1. The molecule has 4 heteroatoms. The number of hydrogen-bond acceptors (Lipinski definition) is 3. The highest BCUT2D eigenvalue weighted by molar-refractivity contribution is 5.81. The molecule has 0 aliphatic heterocycles. The minimum absolute atomic E-state index is 0.102. The van der Waals surface area contributed by atoms with Crippen LogP contribution in [0.3, 0.4) is 0 Å². The number of aryl methyl sites for hydroxylation is 2. The molecular formula is C22H29NO3. The number of benzene rings is 2. The second-order valence-electron chi connectivity index (χ2n) is 6.52. The van der Waals surface area contributed by atoms with E-state index in [-0.39, 0.29) is 11.9 Å². The number of rotatable bonds is 8. The third-order valence-corrected chi connectivity index (χ3v) is 4.33. The Bertz CT molecular complexity index is 725. The monoisotopic (exact) mass is 355 g/mol. The maximum Gasteiger partial charge on any atom is 0.261 e. The van der Waals surface area contributed by atoms with Crippen molar-refractivity contribution in [3.05, 3.63) is 59.2 Å². The molecular weight excluding hydrogens is 326 g/mol. The summed E-state index contributed by atoms with van der Waals surface area (Å²) in [5, 5.41) is 3.05. The van der Waals surface area contributed by atoms with E-state index in [1.54, 1.807) is 0 Å². The molecule has 0 aromatic heterocycles. The third-order valence-electron chi connectivity index (χ3n) is 4.33. The van der Waals surface area contributed by atoms with Crippen LogP contribution in [0.15, 0.2) is 42.5 Å². The summed E-state index contributed by atoms with van der Waals surface area (Å²) in [6.45, 7) is 10.5. The maximum absolute atomic E-state index is 12.7. The van der Waals surface area contributed by atoms with Crippen LogP contribution in [0, 0.1) is 13.8 Å². The molecule has 4 nitrogen and oxygen atoms in total. The summed E-state index contributed by atoms with van der Waals surface area (Å²) >= 11 is 0. The van der Waals surface area contributed by atoms with Crippen LogP contribution >= 0.6 is 0 Å². The summed E-state index contributed by atoms with van der Waals surface area (Å²) in [7, 11) is 0. The van der Waals surface area contributed by atoms with Gasteiger partial charge in [-0.15, -0.1) is 0 Å². The first-order chi connectivity index (χ1) is 12.4. The average molecular weight is 355 g/mol. The number of nitrogens with one attached hydrogen (secondary N) is 1. The van der Waals surface area contributed by atoms with Crippen molar-refractivity contribution in [1.82, 2.24) is 5.32 Å². The van der Waals surface area contributed by atoms with Crippen LogP contribution in [0.1, 0.15) is 49.9 Å². The molecule has 0 fully saturated rings. The van der Waals surface area contributed by atoms with E-state index in [1.807, 2.05) is 77.1 Å². The molecule has 0 heterocycles. The summed E-state index contributed by atoms with van der Waals surface area (Å²) in [4.78, 5) is 12.7. The lowest BCUT2D eigenvalue weighted by atomic mass is 10.1. The van der Waals surface area contributed by atoms with Crippen molar-refractivity contribution in [3.63, 3.8) is 0 Å². The largest absolute Gasteiger partial charge is 0.494 e. The van der Waals surface area contributed by atoms with Gasteiger partial charge in [0.05, 0.1) is 12.6 Å². The molecule has 0 unspecified atom stereocenters. The van der Waals surface area contributed by atoms with Crippen LogP contribution in [0.4, 0.5) is 0 Å². The molecule has 2 aromatic carbocycles. The zero-order chi connectivity index (χ0) is 19.1. The van der Waals surface area contributed by atoms with Crippen LogP contribution in [0.2, 0.25) is 0 Å². The molecule has 0 aliphatic rings. The quantitative estimate of drug-likeness (QED) is 0.744. The smallest absolute Gasteiger partial charge is 0.261 e. The lowest BCUT2D eigenvalue weighted by Crippen LogP contribution is -2.39. The summed E-state index contributed by atoms with van der Waals surface area (Å²) in [6, 6.07) is 13.7. The molecule has 0 spiro atoms. The van der Waals surface area contributed by atoms with Gasteiger partial charge in [-0.25, -0.2) is 0 Å². The summed E-state index contributed by atoms with van der Waals surface area (Å²) < 4.78 is 11.4. The van der Waals surface area contributed by atoms with Crippen LogP contribution < -0.4 is 14.8 Å². The second-order valence-corrected chi connectivity index (χ2v) is 6.52. The fourth-order valence-electron chi connectivity index (χ4n) is 2.72. The lowest BCUT2D eigenvalue weighted by Gasteiger charge is -2.22. The molecule has 2 aromatic rings. The predicted molar refractivity (Wildman–Crippen MR) is 105 cm³/mol. The maximum atomic E-state index is 12.7. The van der Waals surface area contributed by atoms with Gasteiger partial charge in [-0.1, -0.05) is 31.2 Å². The minimum atomic E-state index is -0.513. The van der Waals surface area contributed by atoms with E-state index in [0.717, 1.165) is 28.2 Å². The molecule has 0 aliphatic carbocycles. The van der Waals surface area contributed by atoms with Gasteiger partial charge in [0.25, 0.3) is 5.91 Å². The van der Waals surface area contributed by atoms with E-state index in [0.29, 0.717) is 13.0 Å². The summed E-state index contributed by atoms with van der Waals surface area (Å²) in [6.07, 6.45) is 0.0931. The van der Waals surface area contributed by atoms with Crippen molar-refractivity contribution in [2.45, 2.75) is 53.2 Å². The Morgan fingerprint density at radius 3 is 2.38 bits per heavy atom. The van der Waals surface area contributed by atoms with Gasteiger partial charge in [-0.3, -0.25) is 4.79 Å². The fourth-order valence-corrected chi connectivity index (χ4v) is 2.72. The molecule has 2 atom stereocenters. The van der Waals surface area contributed by atoms with Gasteiger partial charge in [0, 0.05) is 0 Å². The van der Waals surface area contributed by atoms with Gasteiger partial charge >= 0.3 is 0 Å². The molecule has 2 rings (SSSR count). The molecule has 0 radical (unpaired) electrons. The third kappa shape index (κ3) is 5.25. The number of ether oxygens (including phenoxy) is 2. The van der Waals surface area contributed by atoms with Gasteiger partial charge < -0.3 is 14.8 Å². The Kier molecular flexibility index (Phi) is 7.07. The van der Waals surface area contributed by atoms with Gasteiger partial charge in [-0.2, -0.15) is 0 Å². The normalized spacial score (nSPS) is 13.0. The molecule has 0 bridgehead atoms. The number of carbonyl (C=O) groups is 1. The molecule has 1 amide bonds. The van der Waals surface area contributed by atoms with Gasteiger partial charge in [0.1, 0.15) is 11.5 Å². The number of carbonyl (C=O) groups excluding carboxylic acids is 1. The van der Waals surface area contributed by atoms with Crippen molar-refractivity contribution < 1.29 is 14.3 Å². The van der Waals surface area contributed by atoms with Crippen molar-refractivity contribution in [2.24, 2.45) is 0 Å². The Hall–Kier alpha value is -2.49. The van der Waals surface area contributed by atoms with Crippen molar-refractivity contribution in [2.75, 3.05) is 6.61 Å². The highest BCUT2D eigenvalue weighted by Gasteiger charge is 2.21. The van der Waals surface area contributed by atoms with Crippen molar-refractivity contribution in [3.8, 4) is 11.5 Å². The zero-order valence-corrected chi connectivity index (χ0v) is 16.3. The lowest BCUT2D eigenvalue weighted by molar-refractivity contribution is -0.128. The van der Waals surface area contributed by atoms with E-state index in [9.17, 15) is 4.79 Å². The Labute approximate surface area is 156 Å². The van der Waals surface area contributed by atoms with Gasteiger partial charge in [0.15, 0.2) is 6.10 Å². The first-order valence-corrected chi connectivity index (χ1v) is 9.21. The van der Waals surface area contributed by atoms with E-state index < -0.39 is 6.10 Å². The van der Waals surface area contributed by atoms with Gasteiger partial charge in [0.2, 0.25) is 0 Å². The number of hydrogen-bond donors (Lipinski definition) is 1. The Balaban J connectivity index is 2.02. The van der Waals surface area contributed by atoms with Gasteiger partial charge in [-0.05, 0) is 69.0 Å². The first-order valence-electron chi connectivity index (χ1n) is 9.21. The highest BCUT2D eigenvalue weighted by Crippen LogP contribution is 2.22. The van der Waals surface area contributed by atoms with Crippen LogP contribution in [-0.2, 0) is 4.79 Å². The average Bonchev–Trinajstić information content (AvgIpc) is 2.63. The summed E-state index contributed by atoms with van der Waals surface area (Å²) in [5.74, 6) is 1.50. The molecule has 140 valence electrons. The Morgan fingerprint density at radius 1 is 1.08 bits per heavy atom.